The molecule has 0 saturated heterocycles. The Morgan fingerprint density at radius 2 is 1.75 bits per heavy atom. The summed E-state index contributed by atoms with van der Waals surface area (Å²) in [6.07, 6.45) is 1.03. The minimum Gasteiger partial charge on any atom is -0.478 e. The lowest BCUT2D eigenvalue weighted by Gasteiger charge is -2.27. The van der Waals surface area contributed by atoms with Gasteiger partial charge in [0.1, 0.15) is 0 Å². The normalized spacial score (nSPS) is 13.1. The highest BCUT2D eigenvalue weighted by Gasteiger charge is 2.25. The summed E-state index contributed by atoms with van der Waals surface area (Å²) < 4.78 is 0. The predicted molar refractivity (Wildman–Crippen MR) is 92.5 cm³/mol. The number of hydrogen-bond donors (Lipinski definition) is 3. The van der Waals surface area contributed by atoms with Gasteiger partial charge in [-0.1, -0.05) is 12.1 Å². The third kappa shape index (κ3) is 3.11. The largest absolute Gasteiger partial charge is 0.478 e. The number of hydrogen-bond acceptors (Lipinski definition) is 3. The second-order valence-electron chi connectivity index (χ2n) is 6.51. The van der Waals surface area contributed by atoms with E-state index in [1.54, 1.807) is 0 Å². The van der Waals surface area contributed by atoms with E-state index < -0.39 is 11.5 Å². The van der Waals surface area contributed by atoms with Crippen molar-refractivity contribution < 1.29 is 14.7 Å². The highest BCUT2D eigenvalue weighted by molar-refractivity contribution is 5.96. The fourth-order valence-corrected chi connectivity index (χ4v) is 2.87. The fourth-order valence-electron chi connectivity index (χ4n) is 2.87. The molecule has 3 N–H and O–H groups in total. The first kappa shape index (κ1) is 16.1. The van der Waals surface area contributed by atoms with Gasteiger partial charge >= 0.3 is 5.97 Å². The van der Waals surface area contributed by atoms with Gasteiger partial charge in [0, 0.05) is 17.8 Å². The SMILES string of the molecule is CC(C)(NC(=O)c1ccc(C(=O)O)cc1)c1ccc2c(c1)NCC2. The number of fused-ring (bicyclic) bond motifs is 1. The summed E-state index contributed by atoms with van der Waals surface area (Å²) in [6, 6.07) is 12.1. The van der Waals surface area contributed by atoms with E-state index in [4.69, 9.17) is 5.11 Å². The van der Waals surface area contributed by atoms with Gasteiger partial charge in [0.15, 0.2) is 0 Å². The number of anilines is 1. The van der Waals surface area contributed by atoms with Crippen LogP contribution in [0.4, 0.5) is 5.69 Å². The molecule has 0 unspecified atom stereocenters. The zero-order valence-electron chi connectivity index (χ0n) is 13.7. The molecule has 0 spiro atoms. The van der Waals surface area contributed by atoms with Crippen molar-refractivity contribution in [2.75, 3.05) is 11.9 Å². The average Bonchev–Trinajstić information content (AvgIpc) is 3.02. The number of rotatable bonds is 4. The zero-order valence-corrected chi connectivity index (χ0v) is 13.7. The van der Waals surface area contributed by atoms with Gasteiger partial charge in [0.25, 0.3) is 5.91 Å². The van der Waals surface area contributed by atoms with Crippen molar-refractivity contribution >= 4 is 17.6 Å². The summed E-state index contributed by atoms with van der Waals surface area (Å²) >= 11 is 0. The first-order valence-corrected chi connectivity index (χ1v) is 7.90. The molecule has 5 nitrogen and oxygen atoms in total. The quantitative estimate of drug-likeness (QED) is 0.808. The lowest BCUT2D eigenvalue weighted by atomic mass is 9.92. The van der Waals surface area contributed by atoms with Crippen LogP contribution >= 0.6 is 0 Å². The average molecular weight is 324 g/mol. The van der Waals surface area contributed by atoms with Gasteiger partial charge in [-0.25, -0.2) is 4.79 Å². The molecule has 1 aliphatic heterocycles. The van der Waals surface area contributed by atoms with Gasteiger partial charge < -0.3 is 15.7 Å². The molecular formula is C19H20N2O3. The third-order valence-corrected chi connectivity index (χ3v) is 4.36. The standard InChI is InChI=1S/C19H20N2O3/c1-19(2,15-8-7-12-9-10-20-16(12)11-15)21-17(22)13-3-5-14(6-4-13)18(23)24/h3-8,11,20H,9-10H2,1-2H3,(H,21,22)(H,23,24). The molecule has 0 radical (unpaired) electrons. The van der Waals surface area contributed by atoms with Gasteiger partial charge in [0.2, 0.25) is 0 Å². The van der Waals surface area contributed by atoms with E-state index in [0.717, 1.165) is 24.2 Å². The summed E-state index contributed by atoms with van der Waals surface area (Å²) in [4.78, 5) is 23.4. The van der Waals surface area contributed by atoms with Crippen molar-refractivity contribution in [2.24, 2.45) is 0 Å². The lowest BCUT2D eigenvalue weighted by molar-refractivity contribution is 0.0696. The van der Waals surface area contributed by atoms with Crippen LogP contribution in [0, 0.1) is 0 Å². The molecule has 0 bridgehead atoms. The van der Waals surface area contributed by atoms with E-state index in [9.17, 15) is 9.59 Å². The number of amides is 1. The molecule has 124 valence electrons. The number of carbonyl (C=O) groups is 2. The number of benzene rings is 2. The molecule has 2 aromatic rings. The number of nitrogens with one attached hydrogen (secondary N) is 2. The van der Waals surface area contributed by atoms with Gasteiger partial charge in [-0.15, -0.1) is 0 Å². The van der Waals surface area contributed by atoms with Crippen molar-refractivity contribution in [2.45, 2.75) is 25.8 Å². The summed E-state index contributed by atoms with van der Waals surface area (Å²) in [6.45, 7) is 4.85. The highest BCUT2D eigenvalue weighted by atomic mass is 16.4. The summed E-state index contributed by atoms with van der Waals surface area (Å²) in [5.74, 6) is -1.24. The second kappa shape index (κ2) is 6.00. The van der Waals surface area contributed by atoms with Crippen molar-refractivity contribution in [1.82, 2.24) is 5.32 Å². The van der Waals surface area contributed by atoms with Crippen molar-refractivity contribution in [3.05, 3.63) is 64.7 Å². The number of carboxylic acid groups (broad SMARTS) is 1. The molecule has 1 aliphatic rings. The van der Waals surface area contributed by atoms with Crippen molar-refractivity contribution in [3.63, 3.8) is 0 Å². The smallest absolute Gasteiger partial charge is 0.335 e. The maximum atomic E-state index is 12.5. The van der Waals surface area contributed by atoms with Crippen LogP contribution in [0.3, 0.4) is 0 Å². The van der Waals surface area contributed by atoms with Crippen LogP contribution in [0.15, 0.2) is 42.5 Å². The Balaban J connectivity index is 1.78. The number of aromatic carboxylic acids is 1. The Morgan fingerprint density at radius 1 is 1.08 bits per heavy atom. The first-order valence-electron chi connectivity index (χ1n) is 7.90. The predicted octanol–water partition coefficient (Wildman–Crippen LogP) is 3.02. The molecule has 24 heavy (non-hydrogen) atoms. The Bertz CT molecular complexity index is 795. The van der Waals surface area contributed by atoms with Gasteiger partial charge in [-0.05, 0) is 61.7 Å². The summed E-state index contributed by atoms with van der Waals surface area (Å²) in [7, 11) is 0. The minimum absolute atomic E-state index is 0.163. The van der Waals surface area contributed by atoms with E-state index in [1.807, 2.05) is 19.9 Å². The van der Waals surface area contributed by atoms with Crippen LogP contribution in [0.25, 0.3) is 0 Å². The maximum Gasteiger partial charge on any atom is 0.335 e. The van der Waals surface area contributed by atoms with Crippen LogP contribution < -0.4 is 10.6 Å². The second-order valence-corrected chi connectivity index (χ2v) is 6.51. The Morgan fingerprint density at radius 3 is 2.42 bits per heavy atom. The van der Waals surface area contributed by atoms with Crippen LogP contribution in [0.1, 0.15) is 45.7 Å². The van der Waals surface area contributed by atoms with Crippen LogP contribution in [0.2, 0.25) is 0 Å². The van der Waals surface area contributed by atoms with E-state index in [0.29, 0.717) is 5.56 Å². The zero-order chi connectivity index (χ0) is 17.3. The van der Waals surface area contributed by atoms with E-state index in [-0.39, 0.29) is 11.5 Å². The molecule has 2 aromatic carbocycles. The summed E-state index contributed by atoms with van der Waals surface area (Å²) in [5.41, 5.74) is 3.50. The first-order chi connectivity index (χ1) is 11.4. The third-order valence-electron chi connectivity index (χ3n) is 4.36. The summed E-state index contributed by atoms with van der Waals surface area (Å²) in [5, 5.41) is 15.3. The number of carbonyl (C=O) groups excluding carboxylic acids is 1. The van der Waals surface area contributed by atoms with Crippen LogP contribution in [0.5, 0.6) is 0 Å². The topological polar surface area (TPSA) is 78.4 Å². The van der Waals surface area contributed by atoms with E-state index >= 15 is 0 Å². The minimum atomic E-state index is -1.01. The molecule has 3 rings (SSSR count). The van der Waals surface area contributed by atoms with Crippen LogP contribution in [-0.2, 0) is 12.0 Å². The molecule has 0 aliphatic carbocycles. The molecule has 0 fully saturated rings. The Hall–Kier alpha value is -2.82. The Labute approximate surface area is 140 Å². The fraction of sp³-hybridized carbons (Fsp3) is 0.263. The molecule has 1 amide bonds. The molecule has 5 heteroatoms. The number of carboxylic acids is 1. The van der Waals surface area contributed by atoms with Crippen molar-refractivity contribution in [1.29, 1.82) is 0 Å². The Kier molecular flexibility index (Phi) is 4.01. The van der Waals surface area contributed by atoms with Crippen LogP contribution in [-0.4, -0.2) is 23.5 Å². The van der Waals surface area contributed by atoms with E-state index in [1.165, 1.54) is 29.8 Å². The molecule has 0 aromatic heterocycles. The molecule has 1 heterocycles. The monoisotopic (exact) mass is 324 g/mol. The van der Waals surface area contributed by atoms with Crippen molar-refractivity contribution in [3.8, 4) is 0 Å². The molecule has 0 atom stereocenters. The molecule has 0 saturated carbocycles. The van der Waals surface area contributed by atoms with Gasteiger partial charge in [-0.2, -0.15) is 0 Å². The molecular weight excluding hydrogens is 304 g/mol. The van der Waals surface area contributed by atoms with E-state index in [2.05, 4.69) is 22.8 Å². The highest BCUT2D eigenvalue weighted by Crippen LogP contribution is 2.29. The maximum absolute atomic E-state index is 12.5. The van der Waals surface area contributed by atoms with Gasteiger partial charge in [0.05, 0.1) is 11.1 Å². The lowest BCUT2D eigenvalue weighted by Crippen LogP contribution is -2.41. The van der Waals surface area contributed by atoms with Gasteiger partial charge in [-0.3, -0.25) is 4.79 Å².